The average Bonchev–Trinajstić information content (AvgIpc) is 2.73. The Morgan fingerprint density at radius 2 is 1.00 bits per heavy atom. The van der Waals surface area contributed by atoms with Crippen LogP contribution < -0.4 is 10.6 Å². The summed E-state index contributed by atoms with van der Waals surface area (Å²) in [4.78, 5) is 47.8. The zero-order valence-electron chi connectivity index (χ0n) is 18.0. The highest BCUT2D eigenvalue weighted by Gasteiger charge is 2.19. The number of carbonyl (C=O) groups is 4. The number of hydrogen-bond donors (Lipinski definition) is 2. The van der Waals surface area contributed by atoms with Crippen molar-refractivity contribution in [3.63, 3.8) is 0 Å². The molecule has 2 aromatic carbocycles. The van der Waals surface area contributed by atoms with Gasteiger partial charge in [0.15, 0.2) is 11.6 Å². The van der Waals surface area contributed by atoms with Crippen LogP contribution >= 0.6 is 0 Å². The number of Topliss-reactive ketones (excluding diaryl/α,β-unsaturated/α-hetero) is 2. The van der Waals surface area contributed by atoms with Crippen molar-refractivity contribution in [1.82, 2.24) is 10.6 Å². The summed E-state index contributed by atoms with van der Waals surface area (Å²) < 4.78 is 0. The van der Waals surface area contributed by atoms with Crippen LogP contribution in [0.25, 0.3) is 11.1 Å². The van der Waals surface area contributed by atoms with Gasteiger partial charge in [0.1, 0.15) is 0 Å². The van der Waals surface area contributed by atoms with Crippen molar-refractivity contribution in [2.45, 2.75) is 46.7 Å². The lowest BCUT2D eigenvalue weighted by atomic mass is 10.0. The third-order valence-corrected chi connectivity index (χ3v) is 4.93. The Balaban J connectivity index is 2.06. The quantitative estimate of drug-likeness (QED) is 0.700. The second kappa shape index (κ2) is 9.96. The summed E-state index contributed by atoms with van der Waals surface area (Å²) in [6, 6.07) is 13.0. The lowest BCUT2D eigenvalue weighted by Gasteiger charge is -2.15. The Kier molecular flexibility index (Phi) is 7.64. The predicted octanol–water partition coefficient (Wildman–Crippen LogP) is 3.40. The number of rotatable bonds is 8. The summed E-state index contributed by atoms with van der Waals surface area (Å²) in [5.74, 6) is -0.858. The van der Waals surface area contributed by atoms with Crippen LogP contribution in [0.3, 0.4) is 0 Å². The molecule has 0 bridgehead atoms. The van der Waals surface area contributed by atoms with Gasteiger partial charge in [-0.05, 0) is 56.2 Å². The molecule has 0 aromatic heterocycles. The van der Waals surface area contributed by atoms with E-state index < -0.39 is 12.1 Å². The van der Waals surface area contributed by atoms with Gasteiger partial charge >= 0.3 is 0 Å². The van der Waals surface area contributed by atoms with E-state index in [0.29, 0.717) is 11.1 Å². The monoisotopic (exact) mass is 408 g/mol. The second-order valence-corrected chi connectivity index (χ2v) is 7.71. The van der Waals surface area contributed by atoms with E-state index in [1.165, 1.54) is 6.92 Å². The first-order chi connectivity index (χ1) is 14.1. The largest absolute Gasteiger partial charge is 0.343 e. The van der Waals surface area contributed by atoms with Gasteiger partial charge in [0.25, 0.3) is 11.8 Å². The molecule has 0 saturated heterocycles. The van der Waals surface area contributed by atoms with Crippen LogP contribution in [0.4, 0.5) is 0 Å². The molecule has 0 radical (unpaired) electrons. The van der Waals surface area contributed by atoms with Crippen molar-refractivity contribution in [3.05, 3.63) is 59.7 Å². The highest BCUT2D eigenvalue weighted by Crippen LogP contribution is 2.20. The van der Waals surface area contributed by atoms with Crippen LogP contribution in [0.5, 0.6) is 0 Å². The fraction of sp³-hybridized carbons (Fsp3) is 0.333. The summed E-state index contributed by atoms with van der Waals surface area (Å²) in [5, 5.41) is 5.37. The normalized spacial score (nSPS) is 12.7. The van der Waals surface area contributed by atoms with Crippen molar-refractivity contribution >= 4 is 23.4 Å². The van der Waals surface area contributed by atoms with Crippen LogP contribution in [-0.2, 0) is 9.59 Å². The van der Waals surface area contributed by atoms with Gasteiger partial charge in [0, 0.05) is 17.0 Å². The fourth-order valence-electron chi connectivity index (χ4n) is 2.86. The van der Waals surface area contributed by atoms with Crippen LogP contribution in [0.2, 0.25) is 0 Å². The van der Waals surface area contributed by atoms with Crippen LogP contribution in [-0.4, -0.2) is 35.5 Å². The lowest BCUT2D eigenvalue weighted by molar-refractivity contribution is -0.123. The van der Waals surface area contributed by atoms with Crippen molar-refractivity contribution < 1.29 is 19.2 Å². The van der Waals surface area contributed by atoms with E-state index >= 15 is 0 Å². The molecule has 0 heterocycles. The summed E-state index contributed by atoms with van der Waals surface area (Å²) in [6.45, 7) is 8.37. The molecule has 2 rings (SSSR count). The maximum Gasteiger partial charge on any atom is 0.251 e. The van der Waals surface area contributed by atoms with E-state index in [9.17, 15) is 19.2 Å². The molecule has 2 atom stereocenters. The number of nitrogens with one attached hydrogen (secondary N) is 2. The molecule has 2 amide bonds. The number of benzene rings is 2. The molecule has 0 unspecified atom stereocenters. The van der Waals surface area contributed by atoms with E-state index in [1.807, 2.05) is 24.3 Å². The Bertz CT molecular complexity index is 931. The summed E-state index contributed by atoms with van der Waals surface area (Å²) in [6.07, 6.45) is 0. The average molecular weight is 408 g/mol. The SMILES string of the molecule is CC(=O)[C@H](C)NC(=O)c1ccc(-c2ccc(C(=O)N[C@@H](C)C(=O)C(C)C)cc2)cc1. The van der Waals surface area contributed by atoms with E-state index in [-0.39, 0.29) is 29.3 Å². The molecule has 0 aliphatic rings. The first-order valence-corrected chi connectivity index (χ1v) is 9.96. The molecule has 0 fully saturated rings. The number of ketones is 2. The molecular weight excluding hydrogens is 380 g/mol. The highest BCUT2D eigenvalue weighted by molar-refractivity contribution is 5.99. The Hall–Kier alpha value is -3.28. The van der Waals surface area contributed by atoms with Gasteiger partial charge in [-0.2, -0.15) is 0 Å². The smallest absolute Gasteiger partial charge is 0.251 e. The minimum atomic E-state index is -0.540. The summed E-state index contributed by atoms with van der Waals surface area (Å²) in [7, 11) is 0. The lowest BCUT2D eigenvalue weighted by Crippen LogP contribution is -2.40. The zero-order chi connectivity index (χ0) is 22.4. The first-order valence-electron chi connectivity index (χ1n) is 9.96. The molecular formula is C24H28N2O4. The van der Waals surface area contributed by atoms with Gasteiger partial charge in [0.2, 0.25) is 0 Å². The molecule has 6 heteroatoms. The van der Waals surface area contributed by atoms with Crippen molar-refractivity contribution in [1.29, 1.82) is 0 Å². The van der Waals surface area contributed by atoms with Crippen molar-refractivity contribution in [2.75, 3.05) is 0 Å². The van der Waals surface area contributed by atoms with Crippen LogP contribution in [0, 0.1) is 5.92 Å². The van der Waals surface area contributed by atoms with Crippen LogP contribution in [0.15, 0.2) is 48.5 Å². The predicted molar refractivity (Wildman–Crippen MR) is 116 cm³/mol. The summed E-state index contributed by atoms with van der Waals surface area (Å²) in [5.41, 5.74) is 2.71. The van der Waals surface area contributed by atoms with E-state index in [0.717, 1.165) is 11.1 Å². The topological polar surface area (TPSA) is 92.3 Å². The maximum atomic E-state index is 12.4. The van der Waals surface area contributed by atoms with E-state index in [4.69, 9.17) is 0 Å². The minimum absolute atomic E-state index is 0.0122. The number of carbonyl (C=O) groups excluding carboxylic acids is 4. The Morgan fingerprint density at radius 1 is 0.633 bits per heavy atom. The molecule has 6 nitrogen and oxygen atoms in total. The van der Waals surface area contributed by atoms with Gasteiger partial charge in [-0.3, -0.25) is 19.2 Å². The molecule has 0 spiro atoms. The molecule has 158 valence electrons. The third-order valence-electron chi connectivity index (χ3n) is 4.93. The highest BCUT2D eigenvalue weighted by atomic mass is 16.2. The Morgan fingerprint density at radius 3 is 1.33 bits per heavy atom. The van der Waals surface area contributed by atoms with Crippen molar-refractivity contribution in [2.24, 2.45) is 5.92 Å². The van der Waals surface area contributed by atoms with Gasteiger partial charge in [0.05, 0.1) is 12.1 Å². The van der Waals surface area contributed by atoms with E-state index in [2.05, 4.69) is 10.6 Å². The van der Waals surface area contributed by atoms with Gasteiger partial charge in [-0.15, -0.1) is 0 Å². The molecule has 0 saturated carbocycles. The van der Waals surface area contributed by atoms with E-state index in [1.54, 1.807) is 52.0 Å². The van der Waals surface area contributed by atoms with Crippen LogP contribution in [0.1, 0.15) is 55.3 Å². The van der Waals surface area contributed by atoms with Crippen molar-refractivity contribution in [3.8, 4) is 11.1 Å². The maximum absolute atomic E-state index is 12.4. The number of hydrogen-bond acceptors (Lipinski definition) is 4. The second-order valence-electron chi connectivity index (χ2n) is 7.71. The zero-order valence-corrected chi connectivity index (χ0v) is 18.0. The summed E-state index contributed by atoms with van der Waals surface area (Å²) >= 11 is 0. The Labute approximate surface area is 177 Å². The van der Waals surface area contributed by atoms with Gasteiger partial charge in [-0.1, -0.05) is 38.1 Å². The molecule has 2 N–H and O–H groups in total. The number of amides is 2. The third kappa shape index (κ3) is 5.86. The molecule has 0 aliphatic carbocycles. The molecule has 30 heavy (non-hydrogen) atoms. The standard InChI is InChI=1S/C24H28N2O4/c1-14(2)22(28)16(4)26-24(30)21-12-8-19(9-13-21)18-6-10-20(11-7-18)23(29)25-15(3)17(5)27/h6-16H,1-5H3,(H,25,29)(H,26,30)/t15-,16-/m0/s1. The molecule has 2 aromatic rings. The minimum Gasteiger partial charge on any atom is -0.343 e. The van der Waals surface area contributed by atoms with Gasteiger partial charge in [-0.25, -0.2) is 0 Å². The van der Waals surface area contributed by atoms with Gasteiger partial charge < -0.3 is 10.6 Å². The fourth-order valence-corrected chi connectivity index (χ4v) is 2.86. The molecule has 0 aliphatic heterocycles. The first kappa shape index (κ1) is 23.0.